The number of halogens is 4. The van der Waals surface area contributed by atoms with Crippen LogP contribution in [0.5, 0.6) is 0 Å². The molecule has 0 bridgehead atoms. The Bertz CT molecular complexity index is 277. The lowest BCUT2D eigenvalue weighted by molar-refractivity contribution is 0.611. The topological polar surface area (TPSA) is 12.9 Å². The van der Waals surface area contributed by atoms with Gasteiger partial charge in [0.05, 0.1) is 5.88 Å². The van der Waals surface area contributed by atoms with Crippen LogP contribution in [0.1, 0.15) is 5.56 Å². The minimum absolute atomic E-state index is 0.0355. The molecule has 0 fully saturated rings. The van der Waals surface area contributed by atoms with E-state index < -0.39 is 5.82 Å². The maximum atomic E-state index is 12.8. The molecule has 0 aromatic carbocycles. The van der Waals surface area contributed by atoms with Crippen LogP contribution >= 0.6 is 34.8 Å². The Kier molecular flexibility index (Phi) is 2.93. The maximum absolute atomic E-state index is 12.8. The van der Waals surface area contributed by atoms with Gasteiger partial charge >= 0.3 is 0 Å². The predicted molar refractivity (Wildman–Crippen MR) is 43.8 cm³/mol. The molecule has 60 valence electrons. The van der Waals surface area contributed by atoms with Crippen LogP contribution in [0.2, 0.25) is 10.3 Å². The Balaban J connectivity index is 3.24. The van der Waals surface area contributed by atoms with Gasteiger partial charge in [-0.05, 0) is 6.07 Å². The number of aromatic nitrogens is 1. The quantitative estimate of drug-likeness (QED) is 0.516. The predicted octanol–water partition coefficient (Wildman–Crippen LogP) is 3.27. The average Bonchev–Trinajstić information content (AvgIpc) is 1.96. The van der Waals surface area contributed by atoms with Crippen LogP contribution in [0.15, 0.2) is 6.07 Å². The molecule has 0 N–H and O–H groups in total. The van der Waals surface area contributed by atoms with E-state index in [1.54, 1.807) is 0 Å². The largest absolute Gasteiger partial charge is 0.221 e. The standard InChI is InChI=1S/C6H3Cl3FN/c7-2-3-1-4(8)11-6(9)5(3)10/h1H,2H2. The fourth-order valence-corrected chi connectivity index (χ4v) is 1.28. The van der Waals surface area contributed by atoms with Gasteiger partial charge in [0.2, 0.25) is 0 Å². The number of hydrogen-bond acceptors (Lipinski definition) is 1. The van der Waals surface area contributed by atoms with Gasteiger partial charge in [-0.2, -0.15) is 0 Å². The SMILES string of the molecule is Fc1c(CCl)cc(Cl)nc1Cl. The Labute approximate surface area is 78.1 Å². The first-order chi connectivity index (χ1) is 5.15. The van der Waals surface area contributed by atoms with Gasteiger partial charge in [-0.1, -0.05) is 23.2 Å². The molecule has 0 amide bonds. The van der Waals surface area contributed by atoms with Crippen molar-refractivity contribution in [1.29, 1.82) is 0 Å². The van der Waals surface area contributed by atoms with Gasteiger partial charge in [0.25, 0.3) is 0 Å². The zero-order chi connectivity index (χ0) is 8.43. The first kappa shape index (κ1) is 9.04. The molecule has 1 nitrogen and oxygen atoms in total. The van der Waals surface area contributed by atoms with E-state index in [-0.39, 0.29) is 21.7 Å². The summed E-state index contributed by atoms with van der Waals surface area (Å²) in [5, 5.41) is -0.0970. The summed E-state index contributed by atoms with van der Waals surface area (Å²) in [6.07, 6.45) is 0. The molecule has 0 spiro atoms. The van der Waals surface area contributed by atoms with Crippen molar-refractivity contribution >= 4 is 34.8 Å². The molecule has 1 rings (SSSR count). The number of rotatable bonds is 1. The highest BCUT2D eigenvalue weighted by atomic mass is 35.5. The lowest BCUT2D eigenvalue weighted by Crippen LogP contribution is -1.90. The third-order valence-corrected chi connectivity index (χ3v) is 1.84. The van der Waals surface area contributed by atoms with Crippen molar-refractivity contribution in [2.45, 2.75) is 5.88 Å². The molecule has 0 aliphatic heterocycles. The van der Waals surface area contributed by atoms with Crippen molar-refractivity contribution in [1.82, 2.24) is 4.98 Å². The molecule has 0 unspecified atom stereocenters. The van der Waals surface area contributed by atoms with Crippen molar-refractivity contribution in [2.24, 2.45) is 0 Å². The molecule has 0 atom stereocenters. The molecule has 0 saturated carbocycles. The molecule has 1 aromatic rings. The van der Waals surface area contributed by atoms with E-state index in [1.807, 2.05) is 0 Å². The smallest absolute Gasteiger partial charge is 0.166 e. The summed E-state index contributed by atoms with van der Waals surface area (Å²) in [5.41, 5.74) is 0.261. The molecule has 1 aromatic heterocycles. The summed E-state index contributed by atoms with van der Waals surface area (Å²) < 4.78 is 12.8. The summed E-state index contributed by atoms with van der Waals surface area (Å²) in [4.78, 5) is 3.48. The van der Waals surface area contributed by atoms with Gasteiger partial charge in [0, 0.05) is 5.56 Å². The van der Waals surface area contributed by atoms with Gasteiger partial charge in [-0.15, -0.1) is 11.6 Å². The highest BCUT2D eigenvalue weighted by Crippen LogP contribution is 2.21. The summed E-state index contributed by atoms with van der Waals surface area (Å²) in [7, 11) is 0. The van der Waals surface area contributed by atoms with Crippen LogP contribution in [-0.4, -0.2) is 4.98 Å². The monoisotopic (exact) mass is 213 g/mol. The minimum atomic E-state index is -0.605. The van der Waals surface area contributed by atoms with Gasteiger partial charge in [-0.25, -0.2) is 9.37 Å². The Morgan fingerprint density at radius 3 is 2.64 bits per heavy atom. The molecule has 0 aliphatic carbocycles. The van der Waals surface area contributed by atoms with E-state index in [1.165, 1.54) is 6.07 Å². The highest BCUT2D eigenvalue weighted by Gasteiger charge is 2.08. The molecule has 0 aliphatic rings. The van der Waals surface area contributed by atoms with Gasteiger partial charge in [0.1, 0.15) is 5.15 Å². The molecule has 0 saturated heterocycles. The second kappa shape index (κ2) is 3.57. The third-order valence-electron chi connectivity index (χ3n) is 1.11. The molecular weight excluding hydrogens is 211 g/mol. The maximum Gasteiger partial charge on any atom is 0.166 e. The van der Waals surface area contributed by atoms with Crippen LogP contribution < -0.4 is 0 Å². The molecule has 5 heteroatoms. The van der Waals surface area contributed by atoms with E-state index in [4.69, 9.17) is 34.8 Å². The molecule has 0 radical (unpaired) electrons. The van der Waals surface area contributed by atoms with E-state index in [2.05, 4.69) is 4.98 Å². The van der Waals surface area contributed by atoms with Crippen molar-refractivity contribution in [2.75, 3.05) is 0 Å². The van der Waals surface area contributed by atoms with Crippen molar-refractivity contribution < 1.29 is 4.39 Å². The fourth-order valence-electron chi connectivity index (χ4n) is 0.612. The fraction of sp³-hybridized carbons (Fsp3) is 0.167. The summed E-state index contributed by atoms with van der Waals surface area (Å²) in [6, 6.07) is 1.34. The summed E-state index contributed by atoms with van der Waals surface area (Å²) in [6.45, 7) is 0. The Morgan fingerprint density at radius 1 is 1.45 bits per heavy atom. The van der Waals surface area contributed by atoms with Crippen LogP contribution in [0, 0.1) is 5.82 Å². The van der Waals surface area contributed by atoms with Gasteiger partial charge < -0.3 is 0 Å². The van der Waals surface area contributed by atoms with E-state index in [0.29, 0.717) is 0 Å². The summed E-state index contributed by atoms with van der Waals surface area (Å²) in [5.74, 6) is -0.570. The normalized spacial score (nSPS) is 10.2. The van der Waals surface area contributed by atoms with E-state index in [9.17, 15) is 4.39 Å². The zero-order valence-electron chi connectivity index (χ0n) is 5.24. The van der Waals surface area contributed by atoms with Crippen LogP contribution in [0.3, 0.4) is 0 Å². The number of nitrogens with zero attached hydrogens (tertiary/aromatic N) is 1. The number of hydrogen-bond donors (Lipinski definition) is 0. The lowest BCUT2D eigenvalue weighted by atomic mass is 10.3. The average molecular weight is 214 g/mol. The zero-order valence-corrected chi connectivity index (χ0v) is 7.51. The first-order valence-electron chi connectivity index (χ1n) is 2.71. The van der Waals surface area contributed by atoms with E-state index in [0.717, 1.165) is 0 Å². The van der Waals surface area contributed by atoms with Crippen molar-refractivity contribution in [3.8, 4) is 0 Å². The number of pyridine rings is 1. The highest BCUT2D eigenvalue weighted by molar-refractivity contribution is 6.32. The first-order valence-corrected chi connectivity index (χ1v) is 4.00. The van der Waals surface area contributed by atoms with Gasteiger partial charge in [-0.3, -0.25) is 0 Å². The molecular formula is C6H3Cl3FN. The Hall–Kier alpha value is -0.0500. The van der Waals surface area contributed by atoms with Crippen LogP contribution in [0.25, 0.3) is 0 Å². The Morgan fingerprint density at radius 2 is 2.09 bits per heavy atom. The minimum Gasteiger partial charge on any atom is -0.221 e. The second-order valence-electron chi connectivity index (χ2n) is 1.84. The molecule has 1 heterocycles. The summed E-state index contributed by atoms with van der Waals surface area (Å²) >= 11 is 16.2. The van der Waals surface area contributed by atoms with Crippen molar-refractivity contribution in [3.05, 3.63) is 27.8 Å². The third kappa shape index (κ3) is 1.95. The number of alkyl halides is 1. The molecule has 11 heavy (non-hydrogen) atoms. The van der Waals surface area contributed by atoms with Crippen LogP contribution in [-0.2, 0) is 5.88 Å². The van der Waals surface area contributed by atoms with Crippen LogP contribution in [0.4, 0.5) is 4.39 Å². The van der Waals surface area contributed by atoms with Gasteiger partial charge in [0.15, 0.2) is 11.0 Å². The van der Waals surface area contributed by atoms with E-state index >= 15 is 0 Å². The second-order valence-corrected chi connectivity index (χ2v) is 2.86. The lowest BCUT2D eigenvalue weighted by Gasteiger charge is -1.99. The van der Waals surface area contributed by atoms with Crippen molar-refractivity contribution in [3.63, 3.8) is 0 Å².